The molecule has 2 aromatic rings. The van der Waals surface area contributed by atoms with Crippen molar-refractivity contribution in [1.82, 2.24) is 0 Å². The van der Waals surface area contributed by atoms with Crippen LogP contribution in [0, 0.1) is 3.57 Å². The SMILES string of the molecule is O=C(COC(=O)COc1ccc(Cl)cc1Cl)Nc1cccc(I)c1. The molecule has 0 aliphatic carbocycles. The lowest BCUT2D eigenvalue weighted by Crippen LogP contribution is -2.23. The summed E-state index contributed by atoms with van der Waals surface area (Å²) in [6.07, 6.45) is 0. The third kappa shape index (κ3) is 6.18. The molecule has 0 aliphatic rings. The van der Waals surface area contributed by atoms with Crippen molar-refractivity contribution in [3.8, 4) is 5.75 Å². The first-order valence-corrected chi connectivity index (χ1v) is 8.56. The number of hydrogen-bond donors (Lipinski definition) is 1. The molecule has 0 heterocycles. The van der Waals surface area contributed by atoms with Gasteiger partial charge in [-0.05, 0) is 59.0 Å². The van der Waals surface area contributed by atoms with Gasteiger partial charge in [-0.3, -0.25) is 4.79 Å². The van der Waals surface area contributed by atoms with Gasteiger partial charge in [0.25, 0.3) is 5.91 Å². The quantitative estimate of drug-likeness (QED) is 0.499. The Labute approximate surface area is 162 Å². The van der Waals surface area contributed by atoms with Crippen molar-refractivity contribution in [2.75, 3.05) is 18.5 Å². The van der Waals surface area contributed by atoms with E-state index in [0.29, 0.717) is 16.5 Å². The van der Waals surface area contributed by atoms with Crippen LogP contribution in [0.5, 0.6) is 5.75 Å². The van der Waals surface area contributed by atoms with Crippen LogP contribution in [0.1, 0.15) is 0 Å². The molecule has 126 valence electrons. The maximum Gasteiger partial charge on any atom is 0.344 e. The molecule has 0 spiro atoms. The van der Waals surface area contributed by atoms with Crippen LogP contribution in [0.25, 0.3) is 0 Å². The van der Waals surface area contributed by atoms with Crippen LogP contribution >= 0.6 is 45.8 Å². The lowest BCUT2D eigenvalue weighted by molar-refractivity contribution is -0.149. The first kappa shape index (κ1) is 18.8. The maximum absolute atomic E-state index is 11.7. The number of benzene rings is 2. The number of amides is 1. The molecular weight excluding hydrogens is 468 g/mol. The molecule has 0 bridgehead atoms. The van der Waals surface area contributed by atoms with E-state index in [4.69, 9.17) is 32.7 Å². The molecule has 1 amide bonds. The summed E-state index contributed by atoms with van der Waals surface area (Å²) in [6.45, 7) is -0.764. The van der Waals surface area contributed by atoms with Crippen LogP contribution < -0.4 is 10.1 Å². The number of esters is 1. The van der Waals surface area contributed by atoms with E-state index >= 15 is 0 Å². The summed E-state index contributed by atoms with van der Waals surface area (Å²) in [7, 11) is 0. The highest BCUT2D eigenvalue weighted by atomic mass is 127. The molecule has 0 saturated carbocycles. The van der Waals surface area contributed by atoms with Gasteiger partial charge in [-0.2, -0.15) is 0 Å². The summed E-state index contributed by atoms with van der Waals surface area (Å²) in [5, 5.41) is 3.37. The number of anilines is 1. The number of ether oxygens (including phenoxy) is 2. The maximum atomic E-state index is 11.7. The highest BCUT2D eigenvalue weighted by molar-refractivity contribution is 14.1. The Morgan fingerprint density at radius 3 is 2.58 bits per heavy atom. The van der Waals surface area contributed by atoms with Gasteiger partial charge in [-0.15, -0.1) is 0 Å². The molecule has 8 heteroatoms. The summed E-state index contributed by atoms with van der Waals surface area (Å²) < 4.78 is 11.0. The van der Waals surface area contributed by atoms with Gasteiger partial charge in [0, 0.05) is 14.3 Å². The van der Waals surface area contributed by atoms with Crippen LogP contribution in [0.2, 0.25) is 10.0 Å². The Bertz CT molecular complexity index is 755. The van der Waals surface area contributed by atoms with Gasteiger partial charge < -0.3 is 14.8 Å². The van der Waals surface area contributed by atoms with Crippen molar-refractivity contribution in [1.29, 1.82) is 0 Å². The van der Waals surface area contributed by atoms with E-state index < -0.39 is 18.5 Å². The monoisotopic (exact) mass is 479 g/mol. The predicted molar refractivity (Wildman–Crippen MR) is 101 cm³/mol. The molecular formula is C16H12Cl2INO4. The van der Waals surface area contributed by atoms with Crippen LogP contribution in [0.4, 0.5) is 5.69 Å². The van der Waals surface area contributed by atoms with Gasteiger partial charge in [0.05, 0.1) is 5.02 Å². The fourth-order valence-corrected chi connectivity index (χ4v) is 2.69. The Hall–Kier alpha value is -1.51. The second-order valence-corrected chi connectivity index (χ2v) is 6.67. The van der Waals surface area contributed by atoms with E-state index in [9.17, 15) is 9.59 Å². The van der Waals surface area contributed by atoms with E-state index in [1.54, 1.807) is 24.3 Å². The molecule has 0 fully saturated rings. The zero-order valence-electron chi connectivity index (χ0n) is 12.2. The van der Waals surface area contributed by atoms with Gasteiger partial charge >= 0.3 is 5.97 Å². The van der Waals surface area contributed by atoms with Crippen LogP contribution in [-0.4, -0.2) is 25.1 Å². The minimum atomic E-state index is -0.682. The van der Waals surface area contributed by atoms with E-state index in [1.165, 1.54) is 6.07 Å². The molecule has 5 nitrogen and oxygen atoms in total. The van der Waals surface area contributed by atoms with Crippen LogP contribution in [0.15, 0.2) is 42.5 Å². The summed E-state index contributed by atoms with van der Waals surface area (Å²) in [5.41, 5.74) is 0.632. The third-order valence-corrected chi connectivity index (χ3v) is 3.91. The Kier molecular flexibility index (Phi) is 7.14. The number of rotatable bonds is 6. The molecule has 1 N–H and O–H groups in total. The normalized spacial score (nSPS) is 10.1. The van der Waals surface area contributed by atoms with Gasteiger partial charge in [0.2, 0.25) is 0 Å². The number of nitrogens with one attached hydrogen (secondary N) is 1. The smallest absolute Gasteiger partial charge is 0.344 e. The molecule has 0 saturated heterocycles. The first-order chi connectivity index (χ1) is 11.4. The van der Waals surface area contributed by atoms with E-state index in [-0.39, 0.29) is 11.6 Å². The second kappa shape index (κ2) is 9.10. The summed E-state index contributed by atoms with van der Waals surface area (Å²) in [6, 6.07) is 11.9. The van der Waals surface area contributed by atoms with Gasteiger partial charge in [0.15, 0.2) is 13.2 Å². The van der Waals surface area contributed by atoms with Crippen LogP contribution in [0.3, 0.4) is 0 Å². The molecule has 0 aromatic heterocycles. The van der Waals surface area contributed by atoms with Gasteiger partial charge in [-0.1, -0.05) is 29.3 Å². The highest BCUT2D eigenvalue weighted by Crippen LogP contribution is 2.27. The predicted octanol–water partition coefficient (Wildman–Crippen LogP) is 4.16. The molecule has 0 aliphatic heterocycles. The third-order valence-electron chi connectivity index (χ3n) is 2.71. The van der Waals surface area contributed by atoms with E-state index in [2.05, 4.69) is 27.9 Å². The minimum Gasteiger partial charge on any atom is -0.480 e. The average molecular weight is 480 g/mol. The lowest BCUT2D eigenvalue weighted by atomic mass is 10.3. The molecule has 0 unspecified atom stereocenters. The molecule has 0 radical (unpaired) electrons. The molecule has 2 aromatic carbocycles. The fourth-order valence-electron chi connectivity index (χ4n) is 1.68. The Balaban J connectivity index is 1.75. The number of carbonyl (C=O) groups is 2. The van der Waals surface area contributed by atoms with Crippen molar-refractivity contribution < 1.29 is 19.1 Å². The second-order valence-electron chi connectivity index (χ2n) is 4.58. The average Bonchev–Trinajstić information content (AvgIpc) is 2.52. The summed E-state index contributed by atoms with van der Waals surface area (Å²) in [5.74, 6) is -0.810. The minimum absolute atomic E-state index is 0.284. The standard InChI is InChI=1S/C16H12Cl2INO4/c17-10-4-5-14(13(18)6-10)23-9-16(22)24-8-15(21)20-12-3-1-2-11(19)7-12/h1-7H,8-9H2,(H,20,21). The van der Waals surface area contributed by atoms with Crippen molar-refractivity contribution in [2.24, 2.45) is 0 Å². The molecule has 0 atom stereocenters. The highest BCUT2D eigenvalue weighted by Gasteiger charge is 2.10. The Morgan fingerprint density at radius 1 is 1.08 bits per heavy atom. The van der Waals surface area contributed by atoms with Gasteiger partial charge in [0.1, 0.15) is 5.75 Å². The molecule has 24 heavy (non-hydrogen) atoms. The van der Waals surface area contributed by atoms with Crippen molar-refractivity contribution in [3.63, 3.8) is 0 Å². The molecule has 2 rings (SSSR count). The topological polar surface area (TPSA) is 64.6 Å². The Morgan fingerprint density at radius 2 is 1.88 bits per heavy atom. The fraction of sp³-hybridized carbons (Fsp3) is 0.125. The van der Waals surface area contributed by atoms with Gasteiger partial charge in [-0.25, -0.2) is 4.79 Å². The van der Waals surface area contributed by atoms with Crippen LogP contribution in [-0.2, 0) is 14.3 Å². The largest absolute Gasteiger partial charge is 0.480 e. The lowest BCUT2D eigenvalue weighted by Gasteiger charge is -2.09. The van der Waals surface area contributed by atoms with E-state index in [0.717, 1.165) is 3.57 Å². The van der Waals surface area contributed by atoms with Crippen molar-refractivity contribution in [3.05, 3.63) is 56.1 Å². The van der Waals surface area contributed by atoms with E-state index in [1.807, 2.05) is 12.1 Å². The van der Waals surface area contributed by atoms with Crippen molar-refractivity contribution >= 4 is 63.4 Å². The zero-order valence-corrected chi connectivity index (χ0v) is 15.9. The number of hydrogen-bond acceptors (Lipinski definition) is 4. The summed E-state index contributed by atoms with van der Waals surface area (Å²) >= 11 is 13.8. The number of carbonyl (C=O) groups excluding carboxylic acids is 2. The zero-order chi connectivity index (χ0) is 17.5. The number of halogens is 3. The van der Waals surface area contributed by atoms with Crippen molar-refractivity contribution in [2.45, 2.75) is 0 Å². The summed E-state index contributed by atoms with van der Waals surface area (Å²) in [4.78, 5) is 23.3. The first-order valence-electron chi connectivity index (χ1n) is 6.73.